The number of fused-ring (bicyclic) bond motifs is 1. The van der Waals surface area contributed by atoms with Crippen molar-refractivity contribution in [3.05, 3.63) is 45.8 Å². The Morgan fingerprint density at radius 2 is 1.69 bits per heavy atom. The number of hydrazine groups is 1. The summed E-state index contributed by atoms with van der Waals surface area (Å²) in [6.45, 7) is 10.1. The van der Waals surface area contributed by atoms with Gasteiger partial charge >= 0.3 is 0 Å². The summed E-state index contributed by atoms with van der Waals surface area (Å²) in [6.07, 6.45) is 1.67. The summed E-state index contributed by atoms with van der Waals surface area (Å²) in [4.78, 5) is 40.7. The molecule has 0 aliphatic carbocycles. The van der Waals surface area contributed by atoms with E-state index in [0.717, 1.165) is 30.0 Å². The predicted octanol–water partition coefficient (Wildman–Crippen LogP) is 2.58. The Hall–Kier alpha value is -2.80. The van der Waals surface area contributed by atoms with E-state index < -0.39 is 27.7 Å². The Morgan fingerprint density at radius 3 is 2.28 bits per heavy atom. The van der Waals surface area contributed by atoms with E-state index in [4.69, 9.17) is 0 Å². The molecule has 36 heavy (non-hydrogen) atoms. The summed E-state index contributed by atoms with van der Waals surface area (Å²) in [5.41, 5.74) is 6.18. The molecule has 10 nitrogen and oxygen atoms in total. The molecule has 3 rings (SSSR count). The normalized spacial score (nSPS) is 13.8. The van der Waals surface area contributed by atoms with Gasteiger partial charge in [-0.15, -0.1) is 11.3 Å². The molecule has 3 amide bonds. The highest BCUT2D eigenvalue weighted by molar-refractivity contribution is 7.89. The number of hydrogen-bond acceptors (Lipinski definition) is 7. The largest absolute Gasteiger partial charge is 0.313 e. The third kappa shape index (κ3) is 6.12. The van der Waals surface area contributed by atoms with Crippen LogP contribution in [0.1, 0.15) is 65.3 Å². The Bertz CT molecular complexity index is 1220. The quantitative estimate of drug-likeness (QED) is 0.424. The van der Waals surface area contributed by atoms with Crippen molar-refractivity contribution in [2.24, 2.45) is 0 Å². The number of hydrogen-bond donors (Lipinski definition) is 3. The van der Waals surface area contributed by atoms with Gasteiger partial charge in [-0.2, -0.15) is 4.31 Å². The minimum absolute atomic E-state index is 0.112. The highest BCUT2D eigenvalue weighted by Crippen LogP contribution is 2.37. The van der Waals surface area contributed by atoms with Crippen molar-refractivity contribution in [2.45, 2.75) is 52.0 Å². The van der Waals surface area contributed by atoms with Crippen molar-refractivity contribution in [1.82, 2.24) is 20.1 Å². The monoisotopic (exact) mass is 535 g/mol. The number of sulfonamides is 1. The molecule has 1 aliphatic heterocycles. The van der Waals surface area contributed by atoms with Crippen LogP contribution in [-0.4, -0.2) is 61.5 Å². The second-order valence-corrected chi connectivity index (χ2v) is 11.5. The molecule has 1 aromatic heterocycles. The summed E-state index contributed by atoms with van der Waals surface area (Å²) in [5, 5.41) is 3.22. The molecule has 0 bridgehead atoms. The molecule has 0 saturated carbocycles. The van der Waals surface area contributed by atoms with Crippen LogP contribution in [0.3, 0.4) is 0 Å². The number of nitrogens with zero attached hydrogens (tertiary/aromatic N) is 2. The fourth-order valence-electron chi connectivity index (χ4n) is 4.17. The van der Waals surface area contributed by atoms with Gasteiger partial charge in [0, 0.05) is 43.5 Å². The maximum Gasteiger partial charge on any atom is 0.272 e. The minimum Gasteiger partial charge on any atom is -0.313 e. The van der Waals surface area contributed by atoms with E-state index in [1.807, 2.05) is 0 Å². The van der Waals surface area contributed by atoms with Crippen LogP contribution >= 0.6 is 11.3 Å². The third-order valence-corrected chi connectivity index (χ3v) is 9.14. The number of anilines is 1. The first-order valence-electron chi connectivity index (χ1n) is 12.0. The molecule has 0 saturated heterocycles. The van der Waals surface area contributed by atoms with E-state index in [9.17, 15) is 22.8 Å². The van der Waals surface area contributed by atoms with Crippen LogP contribution < -0.4 is 16.2 Å². The number of nitrogens with one attached hydrogen (secondary N) is 3. The summed E-state index contributed by atoms with van der Waals surface area (Å²) < 4.78 is 26.8. The lowest BCUT2D eigenvalue weighted by molar-refractivity contribution is -0.119. The number of amides is 3. The van der Waals surface area contributed by atoms with Crippen LogP contribution in [0.4, 0.5) is 5.00 Å². The maximum atomic E-state index is 13.1. The molecule has 2 aromatic rings. The van der Waals surface area contributed by atoms with Gasteiger partial charge < -0.3 is 5.32 Å². The van der Waals surface area contributed by atoms with Crippen molar-refractivity contribution < 1.29 is 22.8 Å². The molecule has 1 aliphatic rings. The highest BCUT2D eigenvalue weighted by atomic mass is 32.2. The second kappa shape index (κ2) is 12.0. The molecule has 2 heterocycles. The van der Waals surface area contributed by atoms with Crippen molar-refractivity contribution in [1.29, 1.82) is 0 Å². The van der Waals surface area contributed by atoms with E-state index in [1.54, 1.807) is 13.8 Å². The SMILES string of the molecule is CCCN1CCc2c(sc(NC(=O)c3ccc(S(=O)(=O)N(CC)CC)cc3)c2C(=O)NNC(C)=O)C1. The molecule has 3 N–H and O–H groups in total. The van der Waals surface area contributed by atoms with Crippen molar-refractivity contribution in [3.63, 3.8) is 0 Å². The predicted molar refractivity (Wildman–Crippen MR) is 139 cm³/mol. The Labute approximate surface area is 216 Å². The fraction of sp³-hybridized carbons (Fsp3) is 0.458. The van der Waals surface area contributed by atoms with Gasteiger partial charge in [-0.05, 0) is 49.2 Å². The van der Waals surface area contributed by atoms with Gasteiger partial charge in [0.1, 0.15) is 5.00 Å². The topological polar surface area (TPSA) is 128 Å². The molecule has 196 valence electrons. The highest BCUT2D eigenvalue weighted by Gasteiger charge is 2.29. The van der Waals surface area contributed by atoms with E-state index in [1.165, 1.54) is 46.8 Å². The van der Waals surface area contributed by atoms with Gasteiger partial charge in [0.05, 0.1) is 10.5 Å². The van der Waals surface area contributed by atoms with Gasteiger partial charge in [-0.25, -0.2) is 8.42 Å². The zero-order valence-corrected chi connectivity index (χ0v) is 22.6. The van der Waals surface area contributed by atoms with E-state index >= 15 is 0 Å². The first-order valence-corrected chi connectivity index (χ1v) is 14.2. The van der Waals surface area contributed by atoms with E-state index in [-0.39, 0.29) is 10.5 Å². The lowest BCUT2D eigenvalue weighted by Gasteiger charge is -2.26. The molecule has 12 heteroatoms. The van der Waals surface area contributed by atoms with Crippen LogP contribution in [0.25, 0.3) is 0 Å². The van der Waals surface area contributed by atoms with Crippen LogP contribution in [-0.2, 0) is 27.8 Å². The van der Waals surface area contributed by atoms with E-state index in [2.05, 4.69) is 28.0 Å². The van der Waals surface area contributed by atoms with Crippen LogP contribution in [0.2, 0.25) is 0 Å². The van der Waals surface area contributed by atoms with Gasteiger partial charge in [-0.3, -0.25) is 30.1 Å². The fourth-order valence-corrected chi connectivity index (χ4v) is 6.91. The van der Waals surface area contributed by atoms with Crippen LogP contribution in [0, 0.1) is 0 Å². The van der Waals surface area contributed by atoms with Gasteiger partial charge in [0.25, 0.3) is 11.8 Å². The average molecular weight is 536 g/mol. The Kier molecular flexibility index (Phi) is 9.23. The lowest BCUT2D eigenvalue weighted by atomic mass is 10.0. The van der Waals surface area contributed by atoms with Gasteiger partial charge in [-0.1, -0.05) is 20.8 Å². The molecule has 0 radical (unpaired) electrons. The second-order valence-electron chi connectivity index (χ2n) is 8.44. The molecular formula is C24H33N5O5S2. The zero-order valence-electron chi connectivity index (χ0n) is 21.0. The van der Waals surface area contributed by atoms with E-state index in [0.29, 0.717) is 36.6 Å². The number of thiophene rings is 1. The summed E-state index contributed by atoms with van der Waals surface area (Å²) in [7, 11) is -3.63. The first kappa shape index (κ1) is 27.8. The molecule has 1 aromatic carbocycles. The zero-order chi connectivity index (χ0) is 26.5. The molecular weight excluding hydrogens is 502 g/mol. The minimum atomic E-state index is -3.63. The molecule has 0 fully saturated rings. The Morgan fingerprint density at radius 1 is 1.03 bits per heavy atom. The third-order valence-electron chi connectivity index (χ3n) is 5.94. The van der Waals surface area contributed by atoms with Crippen molar-refractivity contribution >= 4 is 44.1 Å². The maximum absolute atomic E-state index is 13.1. The standard InChI is InChI=1S/C24H33N5O5S2/c1-5-13-28-14-12-19-20(15-28)35-24(21(19)23(32)27-26-16(4)30)25-22(31)17-8-10-18(11-9-17)36(33,34)29(6-2)7-3/h8-11H,5-7,12-15H2,1-4H3,(H,25,31)(H,26,30)(H,27,32). The molecule has 0 spiro atoms. The number of carbonyl (C=O) groups is 3. The smallest absolute Gasteiger partial charge is 0.272 e. The summed E-state index contributed by atoms with van der Waals surface area (Å²) in [5.74, 6) is -1.37. The van der Waals surface area contributed by atoms with Crippen LogP contribution in [0.15, 0.2) is 29.2 Å². The summed E-state index contributed by atoms with van der Waals surface area (Å²) >= 11 is 1.34. The van der Waals surface area contributed by atoms with Crippen LogP contribution in [0.5, 0.6) is 0 Å². The van der Waals surface area contributed by atoms with Gasteiger partial charge in [0.2, 0.25) is 15.9 Å². The van der Waals surface area contributed by atoms with Gasteiger partial charge in [0.15, 0.2) is 0 Å². The summed E-state index contributed by atoms with van der Waals surface area (Å²) in [6, 6.07) is 5.74. The average Bonchev–Trinajstić information content (AvgIpc) is 3.20. The van der Waals surface area contributed by atoms with Crippen molar-refractivity contribution in [2.75, 3.05) is 31.5 Å². The molecule has 0 atom stereocenters. The molecule has 0 unspecified atom stereocenters. The first-order chi connectivity index (χ1) is 17.1. The number of rotatable bonds is 9. The lowest BCUT2D eigenvalue weighted by Crippen LogP contribution is -2.41. The number of carbonyl (C=O) groups excluding carboxylic acids is 3. The Balaban J connectivity index is 1.87. The number of benzene rings is 1. The van der Waals surface area contributed by atoms with Crippen molar-refractivity contribution in [3.8, 4) is 0 Å².